The maximum atomic E-state index is 12.1. The minimum absolute atomic E-state index is 0.0714. The van der Waals surface area contributed by atoms with Crippen molar-refractivity contribution < 1.29 is 23.7 Å². The molecule has 7 heteroatoms. The van der Waals surface area contributed by atoms with Gasteiger partial charge in [0.1, 0.15) is 25.6 Å². The topological polar surface area (TPSA) is 66.0 Å². The van der Waals surface area contributed by atoms with Crippen LogP contribution in [-0.4, -0.2) is 45.2 Å². The Morgan fingerprint density at radius 1 is 1.08 bits per heavy atom. The van der Waals surface area contributed by atoms with E-state index in [4.69, 9.17) is 18.9 Å². The molecule has 2 aromatic rings. The van der Waals surface area contributed by atoms with Crippen LogP contribution in [-0.2, 0) is 9.53 Å². The zero-order valence-corrected chi connectivity index (χ0v) is 15.3. The molecule has 2 aromatic carbocycles. The fraction of sp³-hybridized carbons (Fsp3) is 0.316. The zero-order chi connectivity index (χ0) is 18.2. The molecular weight excluding hydrogens is 354 g/mol. The molecule has 0 spiro atoms. The Morgan fingerprint density at radius 2 is 1.85 bits per heavy atom. The van der Waals surface area contributed by atoms with Crippen LogP contribution in [0.5, 0.6) is 17.2 Å². The van der Waals surface area contributed by atoms with Crippen molar-refractivity contribution in [3.8, 4) is 17.2 Å². The lowest BCUT2D eigenvalue weighted by molar-refractivity contribution is -0.113. The predicted octanol–water partition coefficient (Wildman–Crippen LogP) is 3.21. The summed E-state index contributed by atoms with van der Waals surface area (Å²) in [6, 6.07) is 13.0. The van der Waals surface area contributed by atoms with E-state index in [1.54, 1.807) is 7.11 Å². The Bertz CT molecular complexity index is 735. The van der Waals surface area contributed by atoms with Crippen LogP contribution in [0.4, 0.5) is 5.69 Å². The summed E-state index contributed by atoms with van der Waals surface area (Å²) in [6.07, 6.45) is 0. The van der Waals surface area contributed by atoms with E-state index in [0.29, 0.717) is 32.2 Å². The van der Waals surface area contributed by atoms with Gasteiger partial charge in [-0.3, -0.25) is 4.79 Å². The van der Waals surface area contributed by atoms with Crippen LogP contribution in [0, 0.1) is 0 Å². The highest BCUT2D eigenvalue weighted by Crippen LogP contribution is 2.34. The summed E-state index contributed by atoms with van der Waals surface area (Å²) in [7, 11) is 1.63. The Hall–Kier alpha value is -2.38. The van der Waals surface area contributed by atoms with Gasteiger partial charge in [-0.15, -0.1) is 11.8 Å². The van der Waals surface area contributed by atoms with Crippen molar-refractivity contribution in [3.63, 3.8) is 0 Å². The van der Waals surface area contributed by atoms with Gasteiger partial charge in [0.2, 0.25) is 5.91 Å². The summed E-state index contributed by atoms with van der Waals surface area (Å²) >= 11 is 1.45. The zero-order valence-electron chi connectivity index (χ0n) is 14.5. The molecule has 0 saturated heterocycles. The number of fused-ring (bicyclic) bond motifs is 1. The van der Waals surface area contributed by atoms with Crippen molar-refractivity contribution in [2.45, 2.75) is 4.90 Å². The van der Waals surface area contributed by atoms with Gasteiger partial charge in [-0.2, -0.15) is 0 Å². The smallest absolute Gasteiger partial charge is 0.234 e. The number of ether oxygens (including phenoxy) is 4. The van der Waals surface area contributed by atoms with Crippen molar-refractivity contribution in [2.75, 3.05) is 44.6 Å². The third-order valence-corrected chi connectivity index (χ3v) is 4.57. The maximum Gasteiger partial charge on any atom is 0.234 e. The van der Waals surface area contributed by atoms with E-state index in [-0.39, 0.29) is 5.91 Å². The molecule has 138 valence electrons. The van der Waals surface area contributed by atoms with Crippen LogP contribution in [0.1, 0.15) is 0 Å². The first-order valence-electron chi connectivity index (χ1n) is 8.29. The van der Waals surface area contributed by atoms with Gasteiger partial charge in [0.05, 0.1) is 12.4 Å². The molecule has 1 aliphatic rings. The van der Waals surface area contributed by atoms with Gasteiger partial charge < -0.3 is 24.3 Å². The van der Waals surface area contributed by atoms with Crippen LogP contribution in [0.25, 0.3) is 0 Å². The average molecular weight is 375 g/mol. The quantitative estimate of drug-likeness (QED) is 0.565. The predicted molar refractivity (Wildman–Crippen MR) is 101 cm³/mol. The summed E-state index contributed by atoms with van der Waals surface area (Å²) in [5, 5.41) is 2.87. The molecule has 1 N–H and O–H groups in total. The number of hydrogen-bond acceptors (Lipinski definition) is 6. The highest BCUT2D eigenvalue weighted by Gasteiger charge is 2.12. The van der Waals surface area contributed by atoms with E-state index in [2.05, 4.69) is 5.32 Å². The van der Waals surface area contributed by atoms with E-state index >= 15 is 0 Å². The van der Waals surface area contributed by atoms with E-state index < -0.39 is 0 Å². The molecule has 0 saturated carbocycles. The molecule has 0 aromatic heterocycles. The van der Waals surface area contributed by atoms with E-state index in [1.807, 2.05) is 42.5 Å². The molecule has 1 heterocycles. The molecule has 0 aliphatic carbocycles. The molecule has 3 rings (SSSR count). The third kappa shape index (κ3) is 5.31. The van der Waals surface area contributed by atoms with Crippen LogP contribution < -0.4 is 19.5 Å². The number of methoxy groups -OCH3 is 1. The summed E-state index contributed by atoms with van der Waals surface area (Å²) in [4.78, 5) is 13.1. The van der Waals surface area contributed by atoms with Crippen molar-refractivity contribution >= 4 is 23.4 Å². The number of benzene rings is 2. The van der Waals surface area contributed by atoms with Gasteiger partial charge in [0.25, 0.3) is 0 Å². The summed E-state index contributed by atoms with van der Waals surface area (Å²) in [6.45, 7) is 2.15. The highest BCUT2D eigenvalue weighted by molar-refractivity contribution is 8.00. The Kier molecular flexibility index (Phi) is 6.62. The number of thioether (sulfide) groups is 1. The van der Waals surface area contributed by atoms with Crippen LogP contribution in [0.15, 0.2) is 47.4 Å². The van der Waals surface area contributed by atoms with Crippen LogP contribution in [0.3, 0.4) is 0 Å². The number of hydrogen-bond donors (Lipinski definition) is 1. The second kappa shape index (κ2) is 9.35. The van der Waals surface area contributed by atoms with E-state index in [9.17, 15) is 4.79 Å². The van der Waals surface area contributed by atoms with E-state index in [0.717, 1.165) is 27.8 Å². The number of anilines is 1. The molecular formula is C19H21NO5S. The van der Waals surface area contributed by atoms with Gasteiger partial charge in [0, 0.05) is 17.7 Å². The van der Waals surface area contributed by atoms with Crippen LogP contribution in [0.2, 0.25) is 0 Å². The minimum Gasteiger partial charge on any atom is -0.491 e. The fourth-order valence-corrected chi connectivity index (χ4v) is 3.06. The monoisotopic (exact) mass is 375 g/mol. The van der Waals surface area contributed by atoms with Crippen molar-refractivity contribution in [1.82, 2.24) is 0 Å². The maximum absolute atomic E-state index is 12.1. The van der Waals surface area contributed by atoms with Gasteiger partial charge >= 0.3 is 0 Å². The van der Waals surface area contributed by atoms with Crippen molar-refractivity contribution in [3.05, 3.63) is 42.5 Å². The second-order valence-corrected chi connectivity index (χ2v) is 6.56. The van der Waals surface area contributed by atoms with Crippen LogP contribution >= 0.6 is 11.8 Å². The Labute approximate surface area is 156 Å². The number of amides is 1. The first kappa shape index (κ1) is 18.4. The second-order valence-electron chi connectivity index (χ2n) is 5.51. The molecule has 0 bridgehead atoms. The van der Waals surface area contributed by atoms with Gasteiger partial charge in [-0.1, -0.05) is 0 Å². The summed E-state index contributed by atoms with van der Waals surface area (Å²) < 4.78 is 21.5. The summed E-state index contributed by atoms with van der Waals surface area (Å²) in [5.41, 5.74) is 0.733. The lowest BCUT2D eigenvalue weighted by Gasteiger charge is -2.18. The minimum atomic E-state index is -0.0714. The third-order valence-electron chi connectivity index (χ3n) is 3.58. The molecule has 0 fully saturated rings. The molecule has 6 nitrogen and oxygen atoms in total. The van der Waals surface area contributed by atoms with E-state index in [1.165, 1.54) is 11.8 Å². The highest BCUT2D eigenvalue weighted by atomic mass is 32.2. The van der Waals surface area contributed by atoms with Crippen molar-refractivity contribution in [1.29, 1.82) is 0 Å². The number of carbonyl (C=O) groups is 1. The van der Waals surface area contributed by atoms with Gasteiger partial charge in [-0.05, 0) is 42.5 Å². The molecule has 1 aliphatic heterocycles. The first-order valence-corrected chi connectivity index (χ1v) is 9.27. The Morgan fingerprint density at radius 3 is 2.62 bits per heavy atom. The number of rotatable bonds is 8. The molecule has 1 amide bonds. The average Bonchev–Trinajstić information content (AvgIpc) is 2.68. The standard InChI is InChI=1S/C19H21NO5S/c1-22-8-9-23-15-4-2-14(3-5-15)20-19(21)13-26-16-6-7-17-18(12-16)25-11-10-24-17/h2-7,12H,8-11,13H2,1H3,(H,20,21). The largest absolute Gasteiger partial charge is 0.491 e. The van der Waals surface area contributed by atoms with Crippen molar-refractivity contribution in [2.24, 2.45) is 0 Å². The molecule has 26 heavy (non-hydrogen) atoms. The fourth-order valence-electron chi connectivity index (χ4n) is 2.34. The first-order chi connectivity index (χ1) is 12.7. The molecule has 0 radical (unpaired) electrons. The Balaban J connectivity index is 1.46. The lowest BCUT2D eigenvalue weighted by atomic mass is 10.3. The SMILES string of the molecule is COCCOc1ccc(NC(=O)CSc2ccc3c(c2)OCCO3)cc1. The molecule has 0 atom stereocenters. The van der Waals surface area contributed by atoms with Gasteiger partial charge in [0.15, 0.2) is 11.5 Å². The lowest BCUT2D eigenvalue weighted by Crippen LogP contribution is -2.15. The molecule has 0 unspecified atom stereocenters. The number of carbonyl (C=O) groups excluding carboxylic acids is 1. The summed E-state index contributed by atoms with van der Waals surface area (Å²) in [5.74, 6) is 2.46. The number of nitrogens with one attached hydrogen (secondary N) is 1. The van der Waals surface area contributed by atoms with Gasteiger partial charge in [-0.25, -0.2) is 0 Å². The normalized spacial score (nSPS) is 12.5.